The van der Waals surface area contributed by atoms with Crippen molar-refractivity contribution in [2.24, 2.45) is 0 Å². The molecule has 0 aliphatic heterocycles. The number of rotatable bonds is 3. The van der Waals surface area contributed by atoms with Crippen LogP contribution in [0.15, 0.2) is 18.3 Å². The summed E-state index contributed by atoms with van der Waals surface area (Å²) in [5, 5.41) is 3.44. The Hall–Kier alpha value is -1.09. The maximum Gasteiger partial charge on any atom is 0.214 e. The molecule has 1 N–H and O–H groups in total. The Bertz CT molecular complexity index is 361. The van der Waals surface area contributed by atoms with Gasteiger partial charge in [0.2, 0.25) is 5.88 Å². The molecule has 1 rings (SSSR count). The number of pyridine rings is 1. The molecule has 0 unspecified atom stereocenters. The van der Waals surface area contributed by atoms with Gasteiger partial charge in [-0.2, -0.15) is 0 Å². The second-order valence-electron chi connectivity index (χ2n) is 6.32. The number of hydrogen-bond donors (Lipinski definition) is 1. The highest BCUT2D eigenvalue weighted by Gasteiger charge is 2.13. The Morgan fingerprint density at radius 2 is 1.82 bits per heavy atom. The van der Waals surface area contributed by atoms with Crippen molar-refractivity contribution in [2.75, 3.05) is 0 Å². The predicted molar refractivity (Wildman–Crippen MR) is 71.2 cm³/mol. The highest BCUT2D eigenvalue weighted by Crippen LogP contribution is 2.16. The molecule has 3 heteroatoms. The quantitative estimate of drug-likeness (QED) is 0.875. The first kappa shape index (κ1) is 14.0. The van der Waals surface area contributed by atoms with E-state index in [1.54, 1.807) is 6.20 Å². The van der Waals surface area contributed by atoms with Crippen LogP contribution >= 0.6 is 0 Å². The minimum atomic E-state index is -0.205. The summed E-state index contributed by atoms with van der Waals surface area (Å²) < 4.78 is 5.74. The molecule has 0 atom stereocenters. The topological polar surface area (TPSA) is 34.2 Å². The third-order valence-corrected chi connectivity index (χ3v) is 2.03. The van der Waals surface area contributed by atoms with Gasteiger partial charge in [-0.15, -0.1) is 0 Å². The summed E-state index contributed by atoms with van der Waals surface area (Å²) in [4.78, 5) is 4.22. The summed E-state index contributed by atoms with van der Waals surface area (Å²) >= 11 is 0. The second kappa shape index (κ2) is 5.05. The zero-order chi connectivity index (χ0) is 13.1. The van der Waals surface area contributed by atoms with Gasteiger partial charge in [-0.1, -0.05) is 0 Å². The first-order chi connectivity index (χ1) is 7.66. The molecule has 1 heterocycles. The van der Waals surface area contributed by atoms with Gasteiger partial charge in [-0.05, 0) is 53.2 Å². The second-order valence-corrected chi connectivity index (χ2v) is 6.32. The molecular formula is C14H24N2O. The molecule has 0 saturated heterocycles. The van der Waals surface area contributed by atoms with Gasteiger partial charge in [0.15, 0.2) is 0 Å². The lowest BCUT2D eigenvalue weighted by Gasteiger charge is -2.22. The van der Waals surface area contributed by atoms with Crippen LogP contribution < -0.4 is 10.1 Å². The smallest absolute Gasteiger partial charge is 0.214 e. The molecular weight excluding hydrogens is 212 g/mol. The number of aromatic nitrogens is 1. The van der Waals surface area contributed by atoms with Crippen molar-refractivity contribution in [1.82, 2.24) is 10.3 Å². The van der Waals surface area contributed by atoms with Crippen molar-refractivity contribution in [1.29, 1.82) is 0 Å². The van der Waals surface area contributed by atoms with Crippen LogP contribution in [0.4, 0.5) is 0 Å². The standard InChI is InChI=1S/C14H24N2O/c1-13(2,3)16-10-11-7-8-15-12(9-11)17-14(4,5)6/h7-9,16H,10H2,1-6H3. The van der Waals surface area contributed by atoms with Gasteiger partial charge < -0.3 is 10.1 Å². The molecule has 0 fully saturated rings. The van der Waals surface area contributed by atoms with Gasteiger partial charge in [0.25, 0.3) is 0 Å². The summed E-state index contributed by atoms with van der Waals surface area (Å²) in [6.07, 6.45) is 1.79. The lowest BCUT2D eigenvalue weighted by molar-refractivity contribution is 0.124. The molecule has 0 aliphatic carbocycles. The van der Waals surface area contributed by atoms with E-state index in [9.17, 15) is 0 Å². The molecule has 0 bridgehead atoms. The highest BCUT2D eigenvalue weighted by molar-refractivity contribution is 5.21. The molecule has 0 aliphatic rings. The minimum Gasteiger partial charge on any atom is -0.472 e. The third-order valence-electron chi connectivity index (χ3n) is 2.03. The highest BCUT2D eigenvalue weighted by atomic mass is 16.5. The monoisotopic (exact) mass is 236 g/mol. The Balaban J connectivity index is 2.66. The Labute approximate surface area is 105 Å². The Kier molecular flexibility index (Phi) is 4.15. The van der Waals surface area contributed by atoms with Crippen molar-refractivity contribution in [3.05, 3.63) is 23.9 Å². The van der Waals surface area contributed by atoms with E-state index in [4.69, 9.17) is 4.74 Å². The normalized spacial score (nSPS) is 12.6. The minimum absolute atomic E-state index is 0.119. The molecule has 0 radical (unpaired) electrons. The maximum absolute atomic E-state index is 5.74. The van der Waals surface area contributed by atoms with Crippen molar-refractivity contribution in [3.8, 4) is 5.88 Å². The van der Waals surface area contributed by atoms with E-state index in [0.717, 1.165) is 6.54 Å². The number of nitrogens with one attached hydrogen (secondary N) is 1. The third kappa shape index (κ3) is 6.27. The number of hydrogen-bond acceptors (Lipinski definition) is 3. The molecule has 17 heavy (non-hydrogen) atoms. The van der Waals surface area contributed by atoms with Crippen molar-refractivity contribution in [2.45, 2.75) is 59.2 Å². The first-order valence-corrected chi connectivity index (χ1v) is 6.05. The average Bonchev–Trinajstić information content (AvgIpc) is 2.11. The van der Waals surface area contributed by atoms with Crippen LogP contribution in [0.3, 0.4) is 0 Å². The lowest BCUT2D eigenvalue weighted by atomic mass is 10.1. The summed E-state index contributed by atoms with van der Waals surface area (Å²) in [7, 11) is 0. The lowest BCUT2D eigenvalue weighted by Crippen LogP contribution is -2.35. The molecule has 1 aromatic rings. The van der Waals surface area contributed by atoms with Gasteiger partial charge in [-0.3, -0.25) is 0 Å². The summed E-state index contributed by atoms with van der Waals surface area (Å²) in [5.74, 6) is 0.686. The Morgan fingerprint density at radius 1 is 1.18 bits per heavy atom. The van der Waals surface area contributed by atoms with Crippen LogP contribution in [-0.4, -0.2) is 16.1 Å². The molecule has 3 nitrogen and oxygen atoms in total. The van der Waals surface area contributed by atoms with Gasteiger partial charge in [0.05, 0.1) is 0 Å². The largest absolute Gasteiger partial charge is 0.472 e. The van der Waals surface area contributed by atoms with E-state index in [1.807, 2.05) is 32.9 Å². The van der Waals surface area contributed by atoms with Gasteiger partial charge in [0.1, 0.15) is 5.60 Å². The fraction of sp³-hybridized carbons (Fsp3) is 0.643. The Morgan fingerprint density at radius 3 is 2.35 bits per heavy atom. The first-order valence-electron chi connectivity index (χ1n) is 6.05. The summed E-state index contributed by atoms with van der Waals surface area (Å²) in [5.41, 5.74) is 1.10. The van der Waals surface area contributed by atoms with Crippen LogP contribution in [-0.2, 0) is 6.54 Å². The summed E-state index contributed by atoms with van der Waals surface area (Å²) in [6.45, 7) is 13.4. The van der Waals surface area contributed by atoms with Gasteiger partial charge >= 0.3 is 0 Å². The van der Waals surface area contributed by atoms with Crippen LogP contribution in [0.2, 0.25) is 0 Å². The van der Waals surface area contributed by atoms with Crippen LogP contribution in [0.25, 0.3) is 0 Å². The molecule has 1 aromatic heterocycles. The summed E-state index contributed by atoms with van der Waals surface area (Å²) in [6, 6.07) is 4.00. The van der Waals surface area contributed by atoms with E-state index in [0.29, 0.717) is 5.88 Å². The fourth-order valence-corrected chi connectivity index (χ4v) is 1.30. The van der Waals surface area contributed by atoms with E-state index < -0.39 is 0 Å². The SMILES string of the molecule is CC(C)(C)NCc1ccnc(OC(C)(C)C)c1. The predicted octanol–water partition coefficient (Wildman–Crippen LogP) is 3.15. The molecule has 0 aromatic carbocycles. The van der Waals surface area contributed by atoms with Crippen LogP contribution in [0, 0.1) is 0 Å². The van der Waals surface area contributed by atoms with Crippen molar-refractivity contribution < 1.29 is 4.74 Å². The van der Waals surface area contributed by atoms with Gasteiger partial charge in [-0.25, -0.2) is 4.98 Å². The molecule has 0 amide bonds. The molecule has 0 spiro atoms. The zero-order valence-corrected chi connectivity index (χ0v) is 11.8. The van der Waals surface area contributed by atoms with E-state index in [2.05, 4.69) is 31.1 Å². The van der Waals surface area contributed by atoms with Crippen molar-refractivity contribution in [3.63, 3.8) is 0 Å². The van der Waals surface area contributed by atoms with E-state index >= 15 is 0 Å². The van der Waals surface area contributed by atoms with E-state index in [-0.39, 0.29) is 11.1 Å². The van der Waals surface area contributed by atoms with E-state index in [1.165, 1.54) is 5.56 Å². The average molecular weight is 236 g/mol. The fourth-order valence-electron chi connectivity index (χ4n) is 1.30. The maximum atomic E-state index is 5.74. The molecule has 96 valence electrons. The molecule has 0 saturated carbocycles. The van der Waals surface area contributed by atoms with Crippen LogP contribution in [0.1, 0.15) is 47.1 Å². The zero-order valence-electron chi connectivity index (χ0n) is 11.8. The number of nitrogens with zero attached hydrogens (tertiary/aromatic N) is 1. The number of ether oxygens (including phenoxy) is 1. The van der Waals surface area contributed by atoms with Gasteiger partial charge in [0, 0.05) is 24.3 Å². The van der Waals surface area contributed by atoms with Crippen molar-refractivity contribution >= 4 is 0 Å². The van der Waals surface area contributed by atoms with Crippen LogP contribution in [0.5, 0.6) is 5.88 Å².